The smallest absolute Gasteiger partial charge is 0.320 e. The number of ether oxygens (including phenoxy) is 2. The van der Waals surface area contributed by atoms with Crippen LogP contribution < -0.4 is 5.73 Å². The number of hydrogen-bond donors (Lipinski definition) is 2. The van der Waals surface area contributed by atoms with E-state index in [1.165, 1.54) is 11.2 Å². The molecular formula is C17H21F2N5O4. The monoisotopic (exact) mass is 397 g/mol. The summed E-state index contributed by atoms with van der Waals surface area (Å²) in [6.45, 7) is -0.652. The lowest BCUT2D eigenvalue weighted by molar-refractivity contribution is -0.150. The van der Waals surface area contributed by atoms with Gasteiger partial charge in [0.1, 0.15) is 30.7 Å². The van der Waals surface area contributed by atoms with Gasteiger partial charge in [0.05, 0.1) is 24.9 Å². The van der Waals surface area contributed by atoms with E-state index in [1.54, 1.807) is 16.6 Å². The summed E-state index contributed by atoms with van der Waals surface area (Å²) in [7, 11) is 0. The minimum absolute atomic E-state index is 0.152. The van der Waals surface area contributed by atoms with E-state index in [1.807, 2.05) is 0 Å². The zero-order chi connectivity index (χ0) is 19.9. The van der Waals surface area contributed by atoms with Gasteiger partial charge in [0.15, 0.2) is 5.82 Å². The number of carbonyl (C=O) groups is 1. The molecule has 0 aliphatic carbocycles. The van der Waals surface area contributed by atoms with E-state index < -0.39 is 36.7 Å². The van der Waals surface area contributed by atoms with Gasteiger partial charge in [-0.05, 0) is 12.1 Å². The van der Waals surface area contributed by atoms with Gasteiger partial charge in [-0.25, -0.2) is 18.3 Å². The molecule has 9 nitrogen and oxygen atoms in total. The molecule has 2 aromatic heterocycles. The van der Waals surface area contributed by atoms with Crippen LogP contribution in [0.3, 0.4) is 0 Å². The van der Waals surface area contributed by atoms with Crippen LogP contribution in [0.15, 0.2) is 18.5 Å². The van der Waals surface area contributed by atoms with Gasteiger partial charge in [-0.15, -0.1) is 0 Å². The van der Waals surface area contributed by atoms with E-state index in [4.69, 9.17) is 15.2 Å². The third-order valence-corrected chi connectivity index (χ3v) is 5.07. The molecule has 0 unspecified atom stereocenters. The van der Waals surface area contributed by atoms with Gasteiger partial charge < -0.3 is 20.3 Å². The standard InChI is InChI=1S/C17H21F2N5O4/c18-17(19)3-4-23(8-17)6-15(26)27-7-14-12(25)5-13(28-14)10-1-2-11-16(20)21-9-22-24(10)11/h1-2,9,12-14,25H,3-8H2,(H2,20,21,22)/t12-,13+,14+/m0/s1. The van der Waals surface area contributed by atoms with Crippen molar-refractivity contribution < 1.29 is 28.2 Å². The number of aliphatic hydroxyl groups excluding tert-OH is 1. The van der Waals surface area contributed by atoms with Crippen LogP contribution >= 0.6 is 0 Å². The summed E-state index contributed by atoms with van der Waals surface area (Å²) in [5, 5.41) is 14.4. The van der Waals surface area contributed by atoms with Gasteiger partial charge >= 0.3 is 5.97 Å². The fourth-order valence-corrected chi connectivity index (χ4v) is 3.63. The predicted molar refractivity (Wildman–Crippen MR) is 92.6 cm³/mol. The topological polar surface area (TPSA) is 115 Å². The van der Waals surface area contributed by atoms with Crippen molar-refractivity contribution in [2.75, 3.05) is 32.0 Å². The van der Waals surface area contributed by atoms with Crippen LogP contribution in [0.5, 0.6) is 0 Å². The number of nitrogen functional groups attached to an aromatic ring is 1. The second-order valence-electron chi connectivity index (χ2n) is 7.17. The van der Waals surface area contributed by atoms with Gasteiger partial charge in [0, 0.05) is 19.4 Å². The van der Waals surface area contributed by atoms with Crippen molar-refractivity contribution >= 4 is 17.3 Å². The lowest BCUT2D eigenvalue weighted by Gasteiger charge is -2.17. The van der Waals surface area contributed by atoms with Gasteiger partial charge in [0.2, 0.25) is 0 Å². The fourth-order valence-electron chi connectivity index (χ4n) is 3.63. The first-order valence-electron chi connectivity index (χ1n) is 9.00. The molecule has 2 aromatic rings. The quantitative estimate of drug-likeness (QED) is 0.696. The van der Waals surface area contributed by atoms with Crippen molar-refractivity contribution in [1.82, 2.24) is 19.5 Å². The number of anilines is 1. The summed E-state index contributed by atoms with van der Waals surface area (Å²) in [6, 6.07) is 3.55. The average Bonchev–Trinajstić information content (AvgIpc) is 3.30. The molecule has 152 valence electrons. The van der Waals surface area contributed by atoms with Crippen molar-refractivity contribution in [3.05, 3.63) is 24.2 Å². The zero-order valence-corrected chi connectivity index (χ0v) is 15.0. The highest BCUT2D eigenvalue weighted by Gasteiger charge is 2.40. The lowest BCUT2D eigenvalue weighted by Crippen LogP contribution is -2.34. The number of nitrogens with zero attached hydrogens (tertiary/aromatic N) is 4. The largest absolute Gasteiger partial charge is 0.462 e. The first-order valence-corrected chi connectivity index (χ1v) is 9.00. The summed E-state index contributed by atoms with van der Waals surface area (Å²) in [6.07, 6.45) is -0.620. The van der Waals surface area contributed by atoms with E-state index in [0.717, 1.165) is 0 Å². The SMILES string of the molecule is Nc1ncnn2c([C@H]3C[C@H](O)[C@@H](COC(=O)CN4CCC(F)(F)C4)O3)ccc12. The second-order valence-corrected chi connectivity index (χ2v) is 7.17. The Labute approximate surface area is 159 Å². The molecule has 2 aliphatic rings. The number of nitrogens with two attached hydrogens (primary N) is 1. The second kappa shape index (κ2) is 7.22. The van der Waals surface area contributed by atoms with E-state index >= 15 is 0 Å². The number of hydrogen-bond acceptors (Lipinski definition) is 8. The molecule has 3 N–H and O–H groups in total. The third kappa shape index (κ3) is 3.77. The normalized spacial score (nSPS) is 27.5. The van der Waals surface area contributed by atoms with Crippen molar-refractivity contribution in [1.29, 1.82) is 0 Å². The first kappa shape index (κ1) is 19.0. The Morgan fingerprint density at radius 2 is 2.29 bits per heavy atom. The lowest BCUT2D eigenvalue weighted by atomic mass is 10.1. The minimum atomic E-state index is -2.76. The molecule has 3 atom stereocenters. The number of alkyl halides is 2. The highest BCUT2D eigenvalue weighted by Crippen LogP contribution is 2.34. The number of esters is 1. The van der Waals surface area contributed by atoms with E-state index in [2.05, 4.69) is 10.1 Å². The van der Waals surface area contributed by atoms with E-state index in [-0.39, 0.29) is 26.1 Å². The number of carbonyl (C=O) groups excluding carboxylic acids is 1. The number of rotatable bonds is 5. The van der Waals surface area contributed by atoms with Crippen LogP contribution in [-0.4, -0.2) is 74.9 Å². The maximum absolute atomic E-state index is 13.2. The van der Waals surface area contributed by atoms with Gasteiger partial charge in [-0.1, -0.05) is 0 Å². The van der Waals surface area contributed by atoms with Gasteiger partial charge in [-0.3, -0.25) is 9.69 Å². The molecule has 0 radical (unpaired) electrons. The maximum atomic E-state index is 13.2. The highest BCUT2D eigenvalue weighted by molar-refractivity contribution is 5.71. The van der Waals surface area contributed by atoms with E-state index in [0.29, 0.717) is 23.4 Å². The summed E-state index contributed by atoms with van der Waals surface area (Å²) >= 11 is 0. The van der Waals surface area contributed by atoms with Crippen molar-refractivity contribution in [2.45, 2.75) is 37.1 Å². The number of likely N-dealkylation sites (tertiary alicyclic amines) is 1. The van der Waals surface area contributed by atoms with Crippen LogP contribution in [-0.2, 0) is 14.3 Å². The number of fused-ring (bicyclic) bond motifs is 1. The van der Waals surface area contributed by atoms with Crippen molar-refractivity contribution in [3.8, 4) is 0 Å². The summed E-state index contributed by atoms with van der Waals surface area (Å²) in [5.74, 6) is -3.05. The van der Waals surface area contributed by atoms with Crippen LogP contribution in [0.2, 0.25) is 0 Å². The van der Waals surface area contributed by atoms with Crippen LogP contribution in [0, 0.1) is 0 Å². The highest BCUT2D eigenvalue weighted by atomic mass is 19.3. The molecule has 28 heavy (non-hydrogen) atoms. The molecule has 0 amide bonds. The summed E-state index contributed by atoms with van der Waals surface area (Å²) in [4.78, 5) is 17.2. The molecule has 2 saturated heterocycles. The van der Waals surface area contributed by atoms with Crippen LogP contribution in [0.1, 0.15) is 24.6 Å². The number of aromatic nitrogens is 3. The van der Waals surface area contributed by atoms with Crippen LogP contribution in [0.25, 0.3) is 5.52 Å². The zero-order valence-electron chi connectivity index (χ0n) is 15.0. The fraction of sp³-hybridized carbons (Fsp3) is 0.588. The van der Waals surface area contributed by atoms with Gasteiger partial charge in [-0.2, -0.15) is 5.10 Å². The average molecular weight is 397 g/mol. The number of halogens is 2. The van der Waals surface area contributed by atoms with Crippen molar-refractivity contribution in [3.63, 3.8) is 0 Å². The maximum Gasteiger partial charge on any atom is 0.320 e. The molecule has 2 fully saturated rings. The molecule has 0 spiro atoms. The summed E-state index contributed by atoms with van der Waals surface area (Å²) < 4.78 is 38.9. The Bertz CT molecular complexity index is 876. The molecule has 0 saturated carbocycles. The Hall–Kier alpha value is -2.37. The minimum Gasteiger partial charge on any atom is -0.462 e. The molecule has 4 rings (SSSR count). The Kier molecular flexibility index (Phi) is 4.89. The number of aliphatic hydroxyl groups is 1. The molecule has 0 bridgehead atoms. The van der Waals surface area contributed by atoms with Crippen LogP contribution in [0.4, 0.5) is 14.6 Å². The Morgan fingerprint density at radius 3 is 3.04 bits per heavy atom. The molecule has 4 heterocycles. The molecule has 2 aliphatic heterocycles. The molecule has 0 aromatic carbocycles. The van der Waals surface area contributed by atoms with Crippen molar-refractivity contribution in [2.24, 2.45) is 0 Å². The Morgan fingerprint density at radius 1 is 1.46 bits per heavy atom. The Balaban J connectivity index is 1.33. The molecular weight excluding hydrogens is 376 g/mol. The van der Waals surface area contributed by atoms with E-state index in [9.17, 15) is 18.7 Å². The summed E-state index contributed by atoms with van der Waals surface area (Å²) in [5.41, 5.74) is 7.15. The molecule has 11 heteroatoms. The van der Waals surface area contributed by atoms with Gasteiger partial charge in [0.25, 0.3) is 5.92 Å². The third-order valence-electron chi connectivity index (χ3n) is 5.07. The first-order chi connectivity index (χ1) is 13.3. The predicted octanol–water partition coefficient (Wildman–Crippen LogP) is 0.387.